The molecule has 0 bridgehead atoms. The van der Waals surface area contributed by atoms with E-state index in [2.05, 4.69) is 118 Å². The summed E-state index contributed by atoms with van der Waals surface area (Å²) < 4.78 is 16.9. The van der Waals surface area contributed by atoms with E-state index >= 15 is 0 Å². The fraction of sp³-hybridized carbons (Fsp3) is 0.750. The van der Waals surface area contributed by atoms with Gasteiger partial charge >= 0.3 is 17.9 Å². The quantitative estimate of drug-likeness (QED) is 0.0261. The molecule has 0 saturated carbocycles. The number of unbranched alkanes of at least 4 members (excludes halogenated alkanes) is 37. The smallest absolute Gasteiger partial charge is 0.306 e. The first-order valence-corrected chi connectivity index (χ1v) is 35.2. The second-order valence-corrected chi connectivity index (χ2v) is 23.4. The van der Waals surface area contributed by atoms with Crippen LogP contribution in [-0.2, 0) is 28.6 Å². The van der Waals surface area contributed by atoms with E-state index in [-0.39, 0.29) is 31.1 Å². The summed E-state index contributed by atoms with van der Waals surface area (Å²) in [5.41, 5.74) is 0. The maximum absolute atomic E-state index is 12.9. The first-order chi connectivity index (χ1) is 40.5. The van der Waals surface area contributed by atoms with Crippen molar-refractivity contribution in [3.05, 3.63) is 97.2 Å². The lowest BCUT2D eigenvalue weighted by molar-refractivity contribution is -0.167. The number of allylic oxidation sites excluding steroid dienone is 16. The summed E-state index contributed by atoms with van der Waals surface area (Å²) in [5, 5.41) is 0. The van der Waals surface area contributed by atoms with E-state index in [1.165, 1.54) is 193 Å². The predicted molar refractivity (Wildman–Crippen MR) is 357 cm³/mol. The van der Waals surface area contributed by atoms with Crippen LogP contribution < -0.4 is 0 Å². The minimum absolute atomic E-state index is 0.0844. The van der Waals surface area contributed by atoms with Gasteiger partial charge in [-0.15, -0.1) is 0 Å². The molecule has 1 atom stereocenters. The van der Waals surface area contributed by atoms with Crippen molar-refractivity contribution in [1.29, 1.82) is 0 Å². The van der Waals surface area contributed by atoms with E-state index in [4.69, 9.17) is 14.2 Å². The number of carbonyl (C=O) groups excluding carboxylic acids is 3. The summed E-state index contributed by atoms with van der Waals surface area (Å²) in [6, 6.07) is 0. The highest BCUT2D eigenvalue weighted by Gasteiger charge is 2.19. The summed E-state index contributed by atoms with van der Waals surface area (Å²) in [5.74, 6) is -0.896. The van der Waals surface area contributed by atoms with Crippen molar-refractivity contribution in [3.63, 3.8) is 0 Å². The molecule has 0 heterocycles. The molecule has 0 N–H and O–H groups in total. The van der Waals surface area contributed by atoms with Crippen molar-refractivity contribution < 1.29 is 28.6 Å². The summed E-state index contributed by atoms with van der Waals surface area (Å²) >= 11 is 0. The van der Waals surface area contributed by atoms with Crippen LogP contribution in [-0.4, -0.2) is 37.2 Å². The number of carbonyl (C=O) groups is 3. The number of hydrogen-bond donors (Lipinski definition) is 0. The maximum Gasteiger partial charge on any atom is 0.306 e. The van der Waals surface area contributed by atoms with Gasteiger partial charge in [0.2, 0.25) is 0 Å². The second-order valence-electron chi connectivity index (χ2n) is 23.4. The van der Waals surface area contributed by atoms with Gasteiger partial charge in [-0.25, -0.2) is 0 Å². The van der Waals surface area contributed by atoms with Gasteiger partial charge < -0.3 is 14.2 Å². The highest BCUT2D eigenvalue weighted by molar-refractivity contribution is 5.71. The highest BCUT2D eigenvalue weighted by atomic mass is 16.6. The highest BCUT2D eigenvalue weighted by Crippen LogP contribution is 2.17. The third-order valence-electron chi connectivity index (χ3n) is 15.3. The van der Waals surface area contributed by atoms with E-state index in [0.29, 0.717) is 19.3 Å². The average molecular weight is 1140 g/mol. The molecule has 472 valence electrons. The fourth-order valence-corrected chi connectivity index (χ4v) is 10.1. The molecule has 0 aliphatic carbocycles. The van der Waals surface area contributed by atoms with Crippen LogP contribution in [0.1, 0.15) is 348 Å². The van der Waals surface area contributed by atoms with Crippen molar-refractivity contribution in [2.24, 2.45) is 0 Å². The van der Waals surface area contributed by atoms with Crippen LogP contribution in [0, 0.1) is 0 Å². The largest absolute Gasteiger partial charge is 0.462 e. The van der Waals surface area contributed by atoms with Crippen molar-refractivity contribution in [3.8, 4) is 0 Å². The minimum atomic E-state index is -0.790. The Hall–Kier alpha value is -3.67. The Labute approximate surface area is 508 Å². The van der Waals surface area contributed by atoms with Crippen LogP contribution in [0.15, 0.2) is 97.2 Å². The number of ether oxygens (including phenoxy) is 3. The molecule has 0 aliphatic heterocycles. The molecule has 6 nitrogen and oxygen atoms in total. The second kappa shape index (κ2) is 69.8. The lowest BCUT2D eigenvalue weighted by Gasteiger charge is -2.18. The van der Waals surface area contributed by atoms with Gasteiger partial charge in [0.15, 0.2) is 6.10 Å². The molecule has 0 aromatic heterocycles. The maximum atomic E-state index is 12.9. The van der Waals surface area contributed by atoms with Gasteiger partial charge in [-0.05, 0) is 103 Å². The molecule has 6 heteroatoms. The average Bonchev–Trinajstić information content (AvgIpc) is 3.47. The topological polar surface area (TPSA) is 78.9 Å². The molecule has 0 spiro atoms. The van der Waals surface area contributed by atoms with Crippen LogP contribution in [0.4, 0.5) is 0 Å². The summed E-state index contributed by atoms with van der Waals surface area (Å²) in [6.45, 7) is 6.52. The molecule has 0 amide bonds. The van der Waals surface area contributed by atoms with E-state index in [1.54, 1.807) is 0 Å². The zero-order valence-corrected chi connectivity index (χ0v) is 54.2. The van der Waals surface area contributed by atoms with Gasteiger partial charge in [0.25, 0.3) is 0 Å². The van der Waals surface area contributed by atoms with Crippen LogP contribution in [0.2, 0.25) is 0 Å². The fourth-order valence-electron chi connectivity index (χ4n) is 10.1. The van der Waals surface area contributed by atoms with Gasteiger partial charge in [-0.3, -0.25) is 14.4 Å². The lowest BCUT2D eigenvalue weighted by Crippen LogP contribution is -2.30. The van der Waals surface area contributed by atoms with E-state index < -0.39 is 6.10 Å². The Morgan fingerprint density at radius 1 is 0.256 bits per heavy atom. The Morgan fingerprint density at radius 3 is 0.744 bits per heavy atom. The van der Waals surface area contributed by atoms with E-state index in [9.17, 15) is 14.4 Å². The third-order valence-corrected chi connectivity index (χ3v) is 15.3. The molecule has 0 rings (SSSR count). The van der Waals surface area contributed by atoms with Crippen molar-refractivity contribution in [2.45, 2.75) is 354 Å². The monoisotopic (exact) mass is 1140 g/mol. The van der Waals surface area contributed by atoms with Gasteiger partial charge in [0, 0.05) is 19.3 Å². The number of hydrogen-bond acceptors (Lipinski definition) is 6. The molecule has 0 aliphatic rings. The Kier molecular flexibility index (Phi) is 66.7. The summed E-state index contributed by atoms with van der Waals surface area (Å²) in [6.07, 6.45) is 94.5. The minimum Gasteiger partial charge on any atom is -0.462 e. The Balaban J connectivity index is 4.19. The lowest BCUT2D eigenvalue weighted by atomic mass is 10.0. The molecular formula is C76H132O6. The van der Waals surface area contributed by atoms with Crippen LogP contribution in [0.25, 0.3) is 0 Å². The standard InChI is InChI=1S/C76H132O6/c1-4-7-10-13-16-19-22-24-26-28-30-32-34-35-36-37-38-39-40-41-43-44-46-48-50-52-54-57-60-63-66-69-75(78)81-72-73(71-80-74(77)68-65-62-59-56-21-18-15-12-9-6-3)82-76(79)70-67-64-61-58-55-53-51-49-47-45-42-33-31-29-27-25-23-20-17-14-11-8-5-2/h8,11,17,20,22,24-25,27-28,30-31,33,45,47,51,53,73H,4-7,9-10,12-16,18-19,21,23,26,29,32,34-44,46,48-50,52,54-72H2,1-3H3/b11-8-,20-17-,24-22-,27-25-,30-28-,33-31-,47-45-,53-51-. The predicted octanol–water partition coefficient (Wildman–Crippen LogP) is 24.4. The van der Waals surface area contributed by atoms with Crippen LogP contribution >= 0.6 is 0 Å². The molecule has 0 fully saturated rings. The SMILES string of the molecule is CC/C=C\C/C=C\C/C=C\C/C=C\C/C=C\C/C=C\CCCCCCC(=O)OC(COC(=O)CCCCCCCCCCCC)COC(=O)CCCCCCCCCCCCCCCCCCCCC/C=C\C/C=C\CCCCCCC. The summed E-state index contributed by atoms with van der Waals surface area (Å²) in [4.78, 5) is 38.3. The van der Waals surface area contributed by atoms with Crippen molar-refractivity contribution in [1.82, 2.24) is 0 Å². The normalized spacial score (nSPS) is 12.7. The first-order valence-electron chi connectivity index (χ1n) is 35.2. The van der Waals surface area contributed by atoms with E-state index in [1.807, 2.05) is 0 Å². The van der Waals surface area contributed by atoms with Gasteiger partial charge in [-0.1, -0.05) is 323 Å². The third kappa shape index (κ3) is 67.1. The van der Waals surface area contributed by atoms with Crippen molar-refractivity contribution >= 4 is 17.9 Å². The van der Waals surface area contributed by atoms with E-state index in [0.717, 1.165) is 116 Å². The van der Waals surface area contributed by atoms with Crippen LogP contribution in [0.5, 0.6) is 0 Å². The van der Waals surface area contributed by atoms with Gasteiger partial charge in [-0.2, -0.15) is 0 Å². The first kappa shape index (κ1) is 78.3. The molecule has 1 unspecified atom stereocenters. The molecule has 0 saturated heterocycles. The Bertz CT molecular complexity index is 1590. The van der Waals surface area contributed by atoms with Crippen molar-refractivity contribution in [2.75, 3.05) is 13.2 Å². The molecule has 0 aromatic carbocycles. The Morgan fingerprint density at radius 2 is 0.476 bits per heavy atom. The zero-order valence-electron chi connectivity index (χ0n) is 54.2. The molecular weight excluding hydrogens is 1010 g/mol. The molecule has 0 aromatic rings. The van der Waals surface area contributed by atoms with Gasteiger partial charge in [0.05, 0.1) is 0 Å². The number of rotatable bonds is 64. The van der Waals surface area contributed by atoms with Gasteiger partial charge in [0.1, 0.15) is 13.2 Å². The number of esters is 3. The molecule has 0 radical (unpaired) electrons. The molecule has 82 heavy (non-hydrogen) atoms. The zero-order chi connectivity index (χ0) is 59.2. The van der Waals surface area contributed by atoms with Crippen LogP contribution in [0.3, 0.4) is 0 Å². The summed E-state index contributed by atoms with van der Waals surface area (Å²) in [7, 11) is 0.